The van der Waals surface area contributed by atoms with Crippen molar-refractivity contribution in [3.63, 3.8) is 0 Å². The lowest BCUT2D eigenvalue weighted by atomic mass is 10.0. The van der Waals surface area contributed by atoms with Gasteiger partial charge in [0.05, 0.1) is 5.69 Å². The van der Waals surface area contributed by atoms with Gasteiger partial charge in [0, 0.05) is 11.3 Å². The van der Waals surface area contributed by atoms with Crippen molar-refractivity contribution in [1.29, 1.82) is 0 Å². The van der Waals surface area contributed by atoms with E-state index in [4.69, 9.17) is 5.73 Å². The highest BCUT2D eigenvalue weighted by Crippen LogP contribution is 2.27. The number of nitrogens with two attached hydrogens (primary N) is 1. The van der Waals surface area contributed by atoms with Gasteiger partial charge in [-0.05, 0) is 62.2 Å². The molecule has 0 aliphatic carbocycles. The second-order valence-electron chi connectivity index (χ2n) is 6.37. The molecule has 0 unspecified atom stereocenters. The van der Waals surface area contributed by atoms with Crippen LogP contribution in [0.3, 0.4) is 0 Å². The maximum atomic E-state index is 5.82. The van der Waals surface area contributed by atoms with Gasteiger partial charge in [-0.1, -0.05) is 60.8 Å². The van der Waals surface area contributed by atoms with Crippen LogP contribution in [-0.4, -0.2) is 34.3 Å². The topological polar surface area (TPSA) is 76.7 Å². The summed E-state index contributed by atoms with van der Waals surface area (Å²) in [5.74, 6) is 1.76. The minimum atomic E-state index is 0.560. The number of nitrogens with one attached hydrogen (secondary N) is 1. The van der Waals surface area contributed by atoms with E-state index in [1.807, 2.05) is 21.6 Å². The Hall–Kier alpha value is -0.790. The van der Waals surface area contributed by atoms with E-state index in [2.05, 4.69) is 46.1 Å². The molecule has 7 heteroatoms. The van der Waals surface area contributed by atoms with Gasteiger partial charge in [0.2, 0.25) is 0 Å². The maximum Gasteiger partial charge on any atom is 0.152 e. The van der Waals surface area contributed by atoms with Crippen LogP contribution in [0.25, 0.3) is 0 Å². The third-order valence-corrected chi connectivity index (χ3v) is 6.03. The van der Waals surface area contributed by atoms with E-state index in [1.165, 1.54) is 38.1 Å². The molecule has 0 amide bonds. The molecule has 3 rings (SSSR count). The molecule has 0 saturated carbocycles. The number of aryl methyl sites for hydroxylation is 1. The van der Waals surface area contributed by atoms with Crippen molar-refractivity contribution in [1.82, 2.24) is 20.7 Å². The fraction of sp³-hybridized carbons (Fsp3) is 0.737. The first kappa shape index (κ1) is 23.2. The summed E-state index contributed by atoms with van der Waals surface area (Å²) in [6, 6.07) is 0. The van der Waals surface area contributed by atoms with Gasteiger partial charge in [-0.2, -0.15) is 0 Å². The molecular formula is C19H35N5S2. The van der Waals surface area contributed by atoms with Crippen LogP contribution in [0.4, 0.5) is 5.82 Å². The van der Waals surface area contributed by atoms with Crippen molar-refractivity contribution in [3.8, 4) is 0 Å². The zero-order chi connectivity index (χ0) is 18.9. The number of aromatic nitrogens is 3. The number of nitrogens with zero attached hydrogens (tertiary/aromatic N) is 3. The normalized spacial score (nSPS) is 15.6. The Morgan fingerprint density at radius 1 is 1.04 bits per heavy atom. The molecule has 1 fully saturated rings. The second-order valence-corrected chi connectivity index (χ2v) is 8.69. The van der Waals surface area contributed by atoms with E-state index in [0.717, 1.165) is 49.8 Å². The molecule has 0 bridgehead atoms. The molecule has 1 aromatic rings. The maximum absolute atomic E-state index is 5.82. The van der Waals surface area contributed by atoms with E-state index >= 15 is 0 Å². The van der Waals surface area contributed by atoms with Gasteiger partial charge < -0.3 is 11.1 Å². The van der Waals surface area contributed by atoms with Gasteiger partial charge in [0.1, 0.15) is 0 Å². The summed E-state index contributed by atoms with van der Waals surface area (Å²) in [7, 11) is 3.69. The molecule has 2 aliphatic rings. The number of hydrogen-bond acceptors (Lipinski definition) is 7. The molecular weight excluding hydrogens is 362 g/mol. The predicted molar refractivity (Wildman–Crippen MR) is 117 cm³/mol. The first-order chi connectivity index (χ1) is 12.8. The van der Waals surface area contributed by atoms with E-state index in [1.54, 1.807) is 0 Å². The van der Waals surface area contributed by atoms with Crippen LogP contribution in [0.1, 0.15) is 70.1 Å². The number of nitrogen functional groups attached to an aromatic ring is 1. The van der Waals surface area contributed by atoms with Crippen molar-refractivity contribution < 1.29 is 0 Å². The Morgan fingerprint density at radius 3 is 2.23 bits per heavy atom. The summed E-state index contributed by atoms with van der Waals surface area (Å²) in [6.45, 7) is 6.84. The summed E-state index contributed by atoms with van der Waals surface area (Å²) < 4.78 is 0. The fourth-order valence-electron chi connectivity index (χ4n) is 2.56. The van der Waals surface area contributed by atoms with Gasteiger partial charge in [-0.15, -0.1) is 10.2 Å². The standard InChI is InChI=1S/C11H20N4.C5H11N.C3H4S2/c1-3-5-7-9-10(8-6-4-2)13-15-14-11(9)12;1-2-4-6-5-3-1;1-2-4-5-3-1/h3-8H2,1-2H3,(H2,12,13,14);6H,1-5H2;1-2H,3H2. The van der Waals surface area contributed by atoms with E-state index in [0.29, 0.717) is 5.82 Å². The average molecular weight is 398 g/mol. The van der Waals surface area contributed by atoms with Gasteiger partial charge in [0.15, 0.2) is 5.82 Å². The lowest BCUT2D eigenvalue weighted by molar-refractivity contribution is 0.520. The highest BCUT2D eigenvalue weighted by molar-refractivity contribution is 8.78. The lowest BCUT2D eigenvalue weighted by Crippen LogP contribution is -2.21. The van der Waals surface area contributed by atoms with Crippen molar-refractivity contribution >= 4 is 27.4 Å². The monoisotopic (exact) mass is 397 g/mol. The summed E-state index contributed by atoms with van der Waals surface area (Å²) in [5.41, 5.74) is 7.97. The van der Waals surface area contributed by atoms with Crippen molar-refractivity contribution in [2.24, 2.45) is 0 Å². The summed E-state index contributed by atoms with van der Waals surface area (Å²) in [6.07, 6.45) is 12.9. The van der Waals surface area contributed by atoms with Crippen molar-refractivity contribution in [3.05, 3.63) is 22.7 Å². The van der Waals surface area contributed by atoms with E-state index < -0.39 is 0 Å². The Morgan fingerprint density at radius 2 is 1.77 bits per heavy atom. The molecule has 0 spiro atoms. The molecule has 0 atom stereocenters. The van der Waals surface area contributed by atoms with Crippen molar-refractivity contribution in [2.45, 2.75) is 71.6 Å². The number of anilines is 1. The number of rotatable bonds is 6. The SMILES string of the molecule is C1=CSSC1.C1CCNCC1.CCCCc1nnnc(N)c1CCCC. The first-order valence-corrected chi connectivity index (χ1v) is 12.3. The van der Waals surface area contributed by atoms with Crippen LogP contribution in [0, 0.1) is 0 Å². The quantitative estimate of drug-likeness (QED) is 0.668. The molecule has 0 aromatic carbocycles. The molecule has 5 nitrogen and oxygen atoms in total. The molecule has 26 heavy (non-hydrogen) atoms. The van der Waals surface area contributed by atoms with Gasteiger partial charge in [0.25, 0.3) is 0 Å². The minimum Gasteiger partial charge on any atom is -0.382 e. The Bertz CT molecular complexity index is 475. The van der Waals surface area contributed by atoms with Gasteiger partial charge in [-0.3, -0.25) is 0 Å². The van der Waals surface area contributed by atoms with Crippen LogP contribution in [0.5, 0.6) is 0 Å². The predicted octanol–water partition coefficient (Wildman–Crippen LogP) is 4.79. The smallest absolute Gasteiger partial charge is 0.152 e. The molecule has 1 aromatic heterocycles. The third kappa shape index (κ3) is 11.0. The van der Waals surface area contributed by atoms with E-state index in [9.17, 15) is 0 Å². The van der Waals surface area contributed by atoms with Crippen molar-refractivity contribution in [2.75, 3.05) is 24.6 Å². The summed E-state index contributed by atoms with van der Waals surface area (Å²) in [5, 5.41) is 17.0. The number of piperidine rings is 1. The highest BCUT2D eigenvalue weighted by atomic mass is 33.1. The van der Waals surface area contributed by atoms with Crippen LogP contribution in [0.2, 0.25) is 0 Å². The average Bonchev–Trinajstić information content (AvgIpc) is 3.28. The minimum absolute atomic E-state index is 0.560. The largest absolute Gasteiger partial charge is 0.382 e. The fourth-order valence-corrected chi connectivity index (χ4v) is 4.13. The number of hydrogen-bond donors (Lipinski definition) is 2. The second kappa shape index (κ2) is 16.4. The van der Waals surface area contributed by atoms with Crippen LogP contribution >= 0.6 is 21.6 Å². The Kier molecular flexibility index (Phi) is 14.7. The van der Waals surface area contributed by atoms with Crippen LogP contribution < -0.4 is 11.1 Å². The first-order valence-electron chi connectivity index (χ1n) is 9.90. The lowest BCUT2D eigenvalue weighted by Gasteiger charge is -2.08. The zero-order valence-corrected chi connectivity index (χ0v) is 18.0. The Labute approximate surface area is 167 Å². The number of unbranched alkanes of at least 4 members (excludes halogenated alkanes) is 2. The van der Waals surface area contributed by atoms with Gasteiger partial charge >= 0.3 is 0 Å². The van der Waals surface area contributed by atoms with Gasteiger partial charge in [-0.25, -0.2) is 0 Å². The molecule has 148 valence electrons. The molecule has 2 aliphatic heterocycles. The molecule has 3 heterocycles. The molecule has 0 radical (unpaired) electrons. The summed E-state index contributed by atoms with van der Waals surface area (Å²) >= 11 is 0. The zero-order valence-electron chi connectivity index (χ0n) is 16.4. The van der Waals surface area contributed by atoms with Crippen LogP contribution in [-0.2, 0) is 12.8 Å². The van der Waals surface area contributed by atoms with Crippen LogP contribution in [0.15, 0.2) is 11.5 Å². The molecule has 3 N–H and O–H groups in total. The summed E-state index contributed by atoms with van der Waals surface area (Å²) in [4.78, 5) is 0. The third-order valence-electron chi connectivity index (χ3n) is 4.11. The Balaban J connectivity index is 0.000000247. The molecule has 1 saturated heterocycles. The van der Waals surface area contributed by atoms with E-state index in [-0.39, 0.29) is 0 Å². The highest BCUT2D eigenvalue weighted by Gasteiger charge is 2.09.